The molecular weight excluding hydrogens is 376 g/mol. The van der Waals surface area contributed by atoms with E-state index in [1.165, 1.54) is 17.0 Å². The minimum atomic E-state index is -0.464. The molecule has 0 saturated heterocycles. The van der Waals surface area contributed by atoms with Crippen LogP contribution in [0.15, 0.2) is 29.3 Å². The van der Waals surface area contributed by atoms with Gasteiger partial charge in [-0.3, -0.25) is 19.7 Å². The monoisotopic (exact) mass is 406 g/mol. The molecule has 0 aliphatic heterocycles. The largest absolute Gasteiger partial charge is 0.350 e. The predicted molar refractivity (Wildman–Crippen MR) is 111 cm³/mol. The van der Waals surface area contributed by atoms with E-state index >= 15 is 0 Å². The minimum Gasteiger partial charge on any atom is -0.350 e. The molecule has 0 spiro atoms. The van der Waals surface area contributed by atoms with E-state index < -0.39 is 4.92 Å². The van der Waals surface area contributed by atoms with Crippen LogP contribution in [0.4, 0.5) is 5.69 Å². The number of nitrogens with one attached hydrogen (secondary N) is 2. The van der Waals surface area contributed by atoms with Crippen molar-refractivity contribution < 1.29 is 14.5 Å². The van der Waals surface area contributed by atoms with Crippen LogP contribution in [0.3, 0.4) is 0 Å². The highest BCUT2D eigenvalue weighted by atomic mass is 16.6. The van der Waals surface area contributed by atoms with Gasteiger partial charge in [0.15, 0.2) is 5.96 Å². The third-order valence-corrected chi connectivity index (χ3v) is 3.71. The van der Waals surface area contributed by atoms with E-state index in [1.54, 1.807) is 38.2 Å². The number of hydrogen-bond acceptors (Lipinski definition) is 5. The zero-order chi connectivity index (χ0) is 22.2. The topological polar surface area (TPSA) is 120 Å². The molecule has 0 bridgehead atoms. The van der Waals surface area contributed by atoms with Crippen LogP contribution in [-0.2, 0) is 16.1 Å². The number of nitro groups is 1. The van der Waals surface area contributed by atoms with Crippen LogP contribution in [0.5, 0.6) is 0 Å². The van der Waals surface area contributed by atoms with Gasteiger partial charge in [-0.1, -0.05) is 12.1 Å². The van der Waals surface area contributed by atoms with E-state index in [9.17, 15) is 19.7 Å². The van der Waals surface area contributed by atoms with Gasteiger partial charge in [-0.25, -0.2) is 4.99 Å². The Kier molecular flexibility index (Phi) is 8.56. The highest BCUT2D eigenvalue weighted by Crippen LogP contribution is 2.12. The maximum absolute atomic E-state index is 12.2. The maximum atomic E-state index is 12.2. The average Bonchev–Trinajstić information content (AvgIpc) is 2.59. The molecule has 160 valence electrons. The molecule has 0 unspecified atom stereocenters. The van der Waals surface area contributed by atoms with Crippen LogP contribution >= 0.6 is 0 Å². The molecule has 2 amide bonds. The van der Waals surface area contributed by atoms with Crippen LogP contribution < -0.4 is 10.6 Å². The number of amides is 2. The average molecular weight is 406 g/mol. The van der Waals surface area contributed by atoms with Gasteiger partial charge in [0.05, 0.1) is 24.6 Å². The second-order valence-electron chi connectivity index (χ2n) is 7.86. The Hall–Kier alpha value is -3.17. The summed E-state index contributed by atoms with van der Waals surface area (Å²) in [4.78, 5) is 42.0. The number of non-ortho nitro benzene ring substituents is 1. The Bertz CT molecular complexity index is 753. The Balaban J connectivity index is 2.90. The van der Waals surface area contributed by atoms with Crippen LogP contribution in [0.1, 0.15) is 26.3 Å². The summed E-state index contributed by atoms with van der Waals surface area (Å²) in [7, 11) is 5.00. The molecule has 1 aromatic carbocycles. The van der Waals surface area contributed by atoms with Crippen LogP contribution in [0, 0.1) is 10.1 Å². The summed E-state index contributed by atoms with van der Waals surface area (Å²) >= 11 is 0. The lowest BCUT2D eigenvalue weighted by atomic mass is 10.1. The lowest BCUT2D eigenvalue weighted by Gasteiger charge is -2.26. The highest BCUT2D eigenvalue weighted by molar-refractivity contribution is 5.89. The molecule has 29 heavy (non-hydrogen) atoms. The van der Waals surface area contributed by atoms with Gasteiger partial charge in [0, 0.05) is 38.8 Å². The molecule has 0 aliphatic rings. The molecular formula is C19H30N6O4. The van der Waals surface area contributed by atoms with Crippen molar-refractivity contribution in [3.63, 3.8) is 0 Å². The van der Waals surface area contributed by atoms with E-state index in [1.807, 2.05) is 20.8 Å². The number of carbonyl (C=O) groups excluding carboxylic acids is 2. The van der Waals surface area contributed by atoms with Gasteiger partial charge >= 0.3 is 0 Å². The lowest BCUT2D eigenvalue weighted by Crippen LogP contribution is -2.50. The molecule has 0 aliphatic carbocycles. The zero-order valence-corrected chi connectivity index (χ0v) is 17.9. The van der Waals surface area contributed by atoms with Gasteiger partial charge in [-0.05, 0) is 26.3 Å². The van der Waals surface area contributed by atoms with E-state index in [4.69, 9.17) is 0 Å². The number of rotatable bonds is 7. The third-order valence-electron chi connectivity index (χ3n) is 3.71. The van der Waals surface area contributed by atoms with Crippen molar-refractivity contribution in [3.05, 3.63) is 39.9 Å². The third kappa shape index (κ3) is 9.04. The minimum absolute atomic E-state index is 0.00336. The molecule has 0 radical (unpaired) electrons. The highest BCUT2D eigenvalue weighted by Gasteiger charge is 2.17. The number of carbonyl (C=O) groups is 2. The molecule has 0 fully saturated rings. The van der Waals surface area contributed by atoms with Crippen molar-refractivity contribution >= 4 is 23.5 Å². The van der Waals surface area contributed by atoms with Gasteiger partial charge in [-0.2, -0.15) is 0 Å². The van der Waals surface area contributed by atoms with Gasteiger partial charge < -0.3 is 20.4 Å². The first kappa shape index (κ1) is 23.9. The van der Waals surface area contributed by atoms with Crippen molar-refractivity contribution in [1.82, 2.24) is 20.4 Å². The van der Waals surface area contributed by atoms with Crippen LogP contribution in [0.25, 0.3) is 0 Å². The number of aliphatic imine (C=N–C) groups is 1. The van der Waals surface area contributed by atoms with E-state index in [-0.39, 0.29) is 42.7 Å². The van der Waals surface area contributed by atoms with Crippen molar-refractivity contribution in [3.8, 4) is 0 Å². The summed E-state index contributed by atoms with van der Waals surface area (Å²) in [6.45, 7) is 5.99. The zero-order valence-electron chi connectivity index (χ0n) is 17.9. The fraction of sp³-hybridized carbons (Fsp3) is 0.526. The molecule has 1 rings (SSSR count). The Morgan fingerprint density at radius 3 is 2.21 bits per heavy atom. The van der Waals surface area contributed by atoms with Crippen molar-refractivity contribution in [2.45, 2.75) is 32.9 Å². The SMILES string of the molecule is CN(C)C(=O)CNC(=NCc1ccc([N+](=O)[O-])cc1)N(C)CC(=O)NC(C)(C)C. The first-order valence-corrected chi connectivity index (χ1v) is 9.13. The molecule has 0 saturated carbocycles. The molecule has 1 aromatic rings. The predicted octanol–water partition coefficient (Wildman–Crippen LogP) is 0.975. The lowest BCUT2D eigenvalue weighted by molar-refractivity contribution is -0.384. The normalized spacial score (nSPS) is 11.6. The summed E-state index contributed by atoms with van der Waals surface area (Å²) in [6, 6.07) is 6.06. The molecule has 0 atom stereocenters. The Labute approximate surface area is 171 Å². The van der Waals surface area contributed by atoms with Crippen LogP contribution in [-0.4, -0.2) is 72.3 Å². The fourth-order valence-electron chi connectivity index (χ4n) is 2.26. The number of likely N-dealkylation sites (N-methyl/N-ethyl adjacent to an activating group) is 2. The second-order valence-corrected chi connectivity index (χ2v) is 7.86. The standard InChI is InChI=1S/C19H30N6O4/c1-19(2,3)22-16(26)13-24(6)18(21-12-17(27)23(4)5)20-11-14-7-9-15(10-8-14)25(28)29/h7-10H,11-13H2,1-6H3,(H,20,21)(H,22,26). The van der Waals surface area contributed by atoms with Gasteiger partial charge in [0.2, 0.25) is 11.8 Å². The second kappa shape index (κ2) is 10.4. The summed E-state index contributed by atoms with van der Waals surface area (Å²) in [5.74, 6) is 0.0620. The molecule has 10 heteroatoms. The number of benzene rings is 1. The Morgan fingerprint density at radius 2 is 1.72 bits per heavy atom. The number of nitrogens with zero attached hydrogens (tertiary/aromatic N) is 4. The van der Waals surface area contributed by atoms with Crippen molar-refractivity contribution in [1.29, 1.82) is 0 Å². The molecule has 2 N–H and O–H groups in total. The summed E-state index contributed by atoms with van der Waals surface area (Å²) in [6.07, 6.45) is 0. The Morgan fingerprint density at radius 1 is 1.14 bits per heavy atom. The smallest absolute Gasteiger partial charge is 0.269 e. The van der Waals surface area contributed by atoms with Crippen molar-refractivity contribution in [2.75, 3.05) is 34.2 Å². The summed E-state index contributed by atoms with van der Waals surface area (Å²) < 4.78 is 0. The number of nitro benzene ring substituents is 1. The van der Waals surface area contributed by atoms with Crippen LogP contribution in [0.2, 0.25) is 0 Å². The summed E-state index contributed by atoms with van der Waals surface area (Å²) in [5, 5.41) is 16.6. The first-order valence-electron chi connectivity index (χ1n) is 9.13. The van der Waals surface area contributed by atoms with Gasteiger partial charge in [-0.15, -0.1) is 0 Å². The first-order chi connectivity index (χ1) is 13.4. The molecule has 0 aromatic heterocycles. The van der Waals surface area contributed by atoms with Gasteiger partial charge in [0.25, 0.3) is 5.69 Å². The quantitative estimate of drug-likeness (QED) is 0.301. The van der Waals surface area contributed by atoms with Gasteiger partial charge in [0.1, 0.15) is 0 Å². The van der Waals surface area contributed by atoms with Crippen molar-refractivity contribution in [2.24, 2.45) is 4.99 Å². The summed E-state index contributed by atoms with van der Waals surface area (Å²) in [5.41, 5.74) is 0.410. The number of guanidine groups is 1. The van der Waals surface area contributed by atoms with E-state index in [0.717, 1.165) is 5.56 Å². The van der Waals surface area contributed by atoms with E-state index in [0.29, 0.717) is 5.96 Å². The fourth-order valence-corrected chi connectivity index (χ4v) is 2.26. The molecule has 10 nitrogen and oxygen atoms in total. The van der Waals surface area contributed by atoms with E-state index in [2.05, 4.69) is 15.6 Å². The number of hydrogen-bond donors (Lipinski definition) is 2. The molecule has 0 heterocycles. The maximum Gasteiger partial charge on any atom is 0.269 e.